The fourth-order valence-electron chi connectivity index (χ4n) is 1.38. The molecule has 0 bridgehead atoms. The van der Waals surface area contributed by atoms with Gasteiger partial charge in [0.25, 0.3) is 0 Å². The number of rotatable bonds is 4. The van der Waals surface area contributed by atoms with E-state index in [-0.39, 0.29) is 5.54 Å². The maximum atomic E-state index is 5.97. The zero-order chi connectivity index (χ0) is 11.5. The smallest absolute Gasteiger partial charge is 0.149 e. The van der Waals surface area contributed by atoms with Gasteiger partial charge in [-0.2, -0.15) is 0 Å². The second-order valence-electron chi connectivity index (χ2n) is 4.28. The van der Waals surface area contributed by atoms with Gasteiger partial charge in [0.15, 0.2) is 0 Å². The average Bonchev–Trinajstić information content (AvgIpc) is 2.25. The number of nitrogens with zero attached hydrogens (tertiary/aromatic N) is 1. The molecule has 0 atom stereocenters. The number of pyridine rings is 1. The Morgan fingerprint density at radius 3 is 2.53 bits per heavy atom. The van der Waals surface area contributed by atoms with Crippen LogP contribution in [0.3, 0.4) is 0 Å². The Balaban J connectivity index is 2.94. The molecule has 1 aromatic heterocycles. The molecule has 1 heterocycles. The lowest BCUT2D eigenvalue weighted by molar-refractivity contribution is 0.477. The van der Waals surface area contributed by atoms with Crippen LogP contribution in [-0.4, -0.2) is 10.5 Å². The van der Waals surface area contributed by atoms with E-state index in [1.165, 1.54) is 0 Å². The van der Waals surface area contributed by atoms with E-state index >= 15 is 0 Å². The Kier molecular flexibility index (Phi) is 3.56. The number of aryl methyl sites for hydroxylation is 1. The predicted octanol–water partition coefficient (Wildman–Crippen LogP) is 2.96. The van der Waals surface area contributed by atoms with Gasteiger partial charge in [-0.1, -0.05) is 13.8 Å². The highest BCUT2D eigenvalue weighted by Crippen LogP contribution is 2.25. The summed E-state index contributed by atoms with van der Waals surface area (Å²) in [5, 5.41) is 3.43. The van der Waals surface area contributed by atoms with Crippen LogP contribution >= 0.6 is 0 Å². The van der Waals surface area contributed by atoms with Gasteiger partial charge in [-0.25, -0.2) is 4.98 Å². The summed E-state index contributed by atoms with van der Waals surface area (Å²) in [6, 6.07) is 1.93. The molecule has 15 heavy (non-hydrogen) atoms. The zero-order valence-electron chi connectivity index (χ0n) is 10.1. The molecule has 84 valence electrons. The molecule has 0 aliphatic heterocycles. The molecule has 0 spiro atoms. The molecule has 3 N–H and O–H groups in total. The van der Waals surface area contributed by atoms with Crippen LogP contribution in [0.4, 0.5) is 11.5 Å². The topological polar surface area (TPSA) is 50.9 Å². The standard InChI is InChI=1S/C12H21N3/c1-5-12(4,6-2)15-11-10(13)9(3)7-8-14-11/h7-8H,5-6,13H2,1-4H3,(H,14,15). The number of anilines is 2. The summed E-state index contributed by atoms with van der Waals surface area (Å²) in [4.78, 5) is 4.28. The summed E-state index contributed by atoms with van der Waals surface area (Å²) in [7, 11) is 0. The molecule has 0 aliphatic carbocycles. The summed E-state index contributed by atoms with van der Waals surface area (Å²) in [6.45, 7) is 8.53. The Labute approximate surface area is 92.1 Å². The van der Waals surface area contributed by atoms with Crippen molar-refractivity contribution in [3.05, 3.63) is 17.8 Å². The van der Waals surface area contributed by atoms with Crippen molar-refractivity contribution < 1.29 is 0 Å². The molecule has 0 saturated carbocycles. The van der Waals surface area contributed by atoms with E-state index in [0.717, 1.165) is 29.9 Å². The summed E-state index contributed by atoms with van der Waals surface area (Å²) < 4.78 is 0. The lowest BCUT2D eigenvalue weighted by atomic mass is 9.95. The molecule has 0 radical (unpaired) electrons. The Hall–Kier alpha value is -1.25. The van der Waals surface area contributed by atoms with Gasteiger partial charge in [0, 0.05) is 11.7 Å². The second kappa shape index (κ2) is 4.51. The quantitative estimate of drug-likeness (QED) is 0.798. The minimum absolute atomic E-state index is 0.0783. The van der Waals surface area contributed by atoms with Crippen molar-refractivity contribution in [3.63, 3.8) is 0 Å². The summed E-state index contributed by atoms with van der Waals surface area (Å²) in [5.41, 5.74) is 7.88. The van der Waals surface area contributed by atoms with Crippen molar-refractivity contribution in [3.8, 4) is 0 Å². The van der Waals surface area contributed by atoms with Crippen LogP contribution in [0.15, 0.2) is 12.3 Å². The second-order valence-corrected chi connectivity index (χ2v) is 4.28. The number of aromatic nitrogens is 1. The number of hydrogen-bond donors (Lipinski definition) is 2. The number of nitrogens with one attached hydrogen (secondary N) is 1. The van der Waals surface area contributed by atoms with Gasteiger partial charge in [-0.05, 0) is 38.3 Å². The lowest BCUT2D eigenvalue weighted by Crippen LogP contribution is -2.33. The molecule has 0 amide bonds. The third kappa shape index (κ3) is 2.61. The molecule has 3 nitrogen and oxygen atoms in total. The molecule has 0 saturated heterocycles. The Bertz CT molecular complexity index is 330. The monoisotopic (exact) mass is 207 g/mol. The van der Waals surface area contributed by atoms with E-state index in [2.05, 4.69) is 31.1 Å². The van der Waals surface area contributed by atoms with E-state index in [1.54, 1.807) is 6.20 Å². The lowest BCUT2D eigenvalue weighted by Gasteiger charge is -2.29. The first-order valence-corrected chi connectivity index (χ1v) is 5.51. The van der Waals surface area contributed by atoms with Crippen molar-refractivity contribution in [1.82, 2.24) is 4.98 Å². The van der Waals surface area contributed by atoms with Gasteiger partial charge in [-0.3, -0.25) is 0 Å². The van der Waals surface area contributed by atoms with Gasteiger partial charge in [0.1, 0.15) is 5.82 Å². The van der Waals surface area contributed by atoms with Gasteiger partial charge in [0.05, 0.1) is 5.69 Å². The highest BCUT2D eigenvalue weighted by Gasteiger charge is 2.20. The maximum absolute atomic E-state index is 5.97. The summed E-state index contributed by atoms with van der Waals surface area (Å²) in [6.07, 6.45) is 3.90. The number of nitrogen functional groups attached to an aromatic ring is 1. The first-order valence-electron chi connectivity index (χ1n) is 5.51. The van der Waals surface area contributed by atoms with Crippen LogP contribution in [0.1, 0.15) is 39.2 Å². The third-order valence-electron chi connectivity index (χ3n) is 3.19. The fourth-order valence-corrected chi connectivity index (χ4v) is 1.38. The molecular formula is C12H21N3. The fraction of sp³-hybridized carbons (Fsp3) is 0.583. The van der Waals surface area contributed by atoms with E-state index in [0.29, 0.717) is 0 Å². The van der Waals surface area contributed by atoms with Crippen LogP contribution in [0.2, 0.25) is 0 Å². The average molecular weight is 207 g/mol. The Morgan fingerprint density at radius 1 is 1.40 bits per heavy atom. The number of nitrogens with two attached hydrogens (primary N) is 1. The normalized spacial score (nSPS) is 11.5. The first-order chi connectivity index (χ1) is 7.02. The van der Waals surface area contributed by atoms with Gasteiger partial charge in [0.2, 0.25) is 0 Å². The molecule has 0 aliphatic rings. The molecule has 0 fully saturated rings. The minimum Gasteiger partial charge on any atom is -0.396 e. The first kappa shape index (κ1) is 11.8. The zero-order valence-corrected chi connectivity index (χ0v) is 10.1. The van der Waals surface area contributed by atoms with Crippen LogP contribution in [0, 0.1) is 6.92 Å². The summed E-state index contributed by atoms with van der Waals surface area (Å²) >= 11 is 0. The van der Waals surface area contributed by atoms with Gasteiger partial charge in [-0.15, -0.1) is 0 Å². The summed E-state index contributed by atoms with van der Waals surface area (Å²) in [5.74, 6) is 0.807. The van der Waals surface area contributed by atoms with E-state index in [1.807, 2.05) is 13.0 Å². The van der Waals surface area contributed by atoms with Crippen molar-refractivity contribution >= 4 is 11.5 Å². The van der Waals surface area contributed by atoms with Crippen molar-refractivity contribution in [2.75, 3.05) is 11.1 Å². The van der Waals surface area contributed by atoms with E-state index < -0.39 is 0 Å². The minimum atomic E-state index is 0.0783. The van der Waals surface area contributed by atoms with E-state index in [4.69, 9.17) is 5.73 Å². The van der Waals surface area contributed by atoms with Crippen LogP contribution in [0.25, 0.3) is 0 Å². The van der Waals surface area contributed by atoms with Gasteiger partial charge < -0.3 is 11.1 Å². The third-order valence-corrected chi connectivity index (χ3v) is 3.19. The van der Waals surface area contributed by atoms with E-state index in [9.17, 15) is 0 Å². The van der Waals surface area contributed by atoms with Crippen molar-refractivity contribution in [2.45, 2.75) is 46.1 Å². The highest BCUT2D eigenvalue weighted by atomic mass is 15.1. The van der Waals surface area contributed by atoms with Crippen molar-refractivity contribution in [1.29, 1.82) is 0 Å². The molecule has 1 aromatic rings. The van der Waals surface area contributed by atoms with Gasteiger partial charge >= 0.3 is 0 Å². The molecular weight excluding hydrogens is 186 g/mol. The van der Waals surface area contributed by atoms with Crippen LogP contribution in [0.5, 0.6) is 0 Å². The maximum Gasteiger partial charge on any atom is 0.149 e. The largest absolute Gasteiger partial charge is 0.396 e. The van der Waals surface area contributed by atoms with Crippen LogP contribution in [-0.2, 0) is 0 Å². The predicted molar refractivity (Wildman–Crippen MR) is 66.0 cm³/mol. The molecule has 0 aromatic carbocycles. The Morgan fingerprint density at radius 2 is 2.00 bits per heavy atom. The molecule has 1 rings (SSSR count). The van der Waals surface area contributed by atoms with Crippen LogP contribution < -0.4 is 11.1 Å². The number of hydrogen-bond acceptors (Lipinski definition) is 3. The van der Waals surface area contributed by atoms with Crippen molar-refractivity contribution in [2.24, 2.45) is 0 Å². The highest BCUT2D eigenvalue weighted by molar-refractivity contribution is 5.65. The SMILES string of the molecule is CCC(C)(CC)Nc1nccc(C)c1N. The molecule has 0 unspecified atom stereocenters. The molecule has 3 heteroatoms.